The smallest absolute Gasteiger partial charge is 0.275 e. The third kappa shape index (κ3) is 3.39. The Kier molecular flexibility index (Phi) is 4.44. The van der Waals surface area contributed by atoms with E-state index in [4.69, 9.17) is 0 Å². The maximum Gasteiger partial charge on any atom is 0.275 e. The number of carbonyl (C=O) groups is 1. The molecule has 0 aliphatic rings. The number of pyridine rings is 1. The van der Waals surface area contributed by atoms with Gasteiger partial charge in [0.15, 0.2) is 5.82 Å². The Balaban J connectivity index is 1.49. The van der Waals surface area contributed by atoms with Crippen LogP contribution >= 0.6 is 0 Å². The van der Waals surface area contributed by atoms with Crippen LogP contribution in [-0.2, 0) is 11.3 Å². The Bertz CT molecular complexity index is 1220. The highest BCUT2D eigenvalue weighted by molar-refractivity contribution is 5.90. The van der Waals surface area contributed by atoms with E-state index in [1.807, 2.05) is 32.0 Å². The van der Waals surface area contributed by atoms with Crippen LogP contribution in [0.4, 0.5) is 5.69 Å². The molecule has 1 aromatic carbocycles. The van der Waals surface area contributed by atoms with Gasteiger partial charge in [-0.15, -0.1) is 0 Å². The predicted octanol–water partition coefficient (Wildman–Crippen LogP) is 2.23. The molecule has 0 aliphatic heterocycles. The first-order valence-corrected chi connectivity index (χ1v) is 8.76. The molecule has 0 bridgehead atoms. The highest BCUT2D eigenvalue weighted by Gasteiger charge is 2.10. The van der Waals surface area contributed by atoms with Gasteiger partial charge in [0.1, 0.15) is 6.54 Å². The lowest BCUT2D eigenvalue weighted by atomic mass is 10.2. The molecule has 1 amide bonds. The Morgan fingerprint density at radius 1 is 1.11 bits per heavy atom. The summed E-state index contributed by atoms with van der Waals surface area (Å²) in [6.07, 6.45) is 3.13. The van der Waals surface area contributed by atoms with Crippen molar-refractivity contribution in [3.05, 3.63) is 76.6 Å². The lowest BCUT2D eigenvalue weighted by Gasteiger charge is -2.08. The minimum absolute atomic E-state index is 0.178. The summed E-state index contributed by atoms with van der Waals surface area (Å²) in [6.45, 7) is 3.69. The summed E-state index contributed by atoms with van der Waals surface area (Å²) in [5.41, 5.74) is 2.11. The number of hydrogen-bond acceptors (Lipinski definition) is 5. The minimum Gasteiger partial charge on any atom is -0.323 e. The van der Waals surface area contributed by atoms with Crippen LogP contribution in [0, 0.1) is 13.8 Å². The summed E-state index contributed by atoms with van der Waals surface area (Å²) in [7, 11) is 0. The molecule has 0 fully saturated rings. The molecule has 8 nitrogen and oxygen atoms in total. The summed E-state index contributed by atoms with van der Waals surface area (Å²) >= 11 is 0. The molecule has 28 heavy (non-hydrogen) atoms. The summed E-state index contributed by atoms with van der Waals surface area (Å²) in [6, 6.07) is 12.6. The molecule has 0 spiro atoms. The number of nitrogens with zero attached hydrogens (tertiary/aromatic N) is 5. The standard InChI is InChI=1S/C20H18N6O2/c1-13-9-14(2)26(24-13)18-8-7-16(11-21-18)23-19(27)12-25-20(28)17-6-4-3-5-15(17)10-22-25/h3-11H,12H2,1-2H3,(H,23,27). The second-order valence-corrected chi connectivity index (χ2v) is 6.49. The fourth-order valence-electron chi connectivity index (χ4n) is 3.02. The Hall–Kier alpha value is -3.81. The van der Waals surface area contributed by atoms with E-state index in [0.29, 0.717) is 16.9 Å². The normalized spacial score (nSPS) is 10.9. The first-order valence-electron chi connectivity index (χ1n) is 8.76. The zero-order chi connectivity index (χ0) is 19.7. The molecule has 0 radical (unpaired) electrons. The molecular formula is C20H18N6O2. The maximum atomic E-state index is 12.5. The van der Waals surface area contributed by atoms with Gasteiger partial charge in [0.2, 0.25) is 5.91 Å². The van der Waals surface area contributed by atoms with Crippen molar-refractivity contribution in [2.45, 2.75) is 20.4 Å². The van der Waals surface area contributed by atoms with Gasteiger partial charge < -0.3 is 5.32 Å². The van der Waals surface area contributed by atoms with E-state index < -0.39 is 0 Å². The Morgan fingerprint density at radius 3 is 2.64 bits per heavy atom. The molecule has 8 heteroatoms. The molecule has 0 unspecified atom stereocenters. The predicted molar refractivity (Wildman–Crippen MR) is 105 cm³/mol. The van der Waals surface area contributed by atoms with E-state index in [1.54, 1.807) is 41.3 Å². The van der Waals surface area contributed by atoms with Gasteiger partial charge in [-0.05, 0) is 38.1 Å². The number of rotatable bonds is 4. The number of carbonyl (C=O) groups excluding carboxylic acids is 1. The van der Waals surface area contributed by atoms with Crippen LogP contribution in [0.25, 0.3) is 16.6 Å². The highest BCUT2D eigenvalue weighted by atomic mass is 16.2. The number of amides is 1. The zero-order valence-electron chi connectivity index (χ0n) is 15.5. The number of anilines is 1. The summed E-state index contributed by atoms with van der Waals surface area (Å²) in [4.78, 5) is 29.1. The van der Waals surface area contributed by atoms with Crippen LogP contribution in [0.5, 0.6) is 0 Å². The first-order chi connectivity index (χ1) is 13.5. The van der Waals surface area contributed by atoms with Gasteiger partial charge in [-0.25, -0.2) is 14.3 Å². The molecule has 3 aromatic heterocycles. The molecule has 0 atom stereocenters. The van der Waals surface area contributed by atoms with Crippen LogP contribution in [0.15, 0.2) is 59.7 Å². The van der Waals surface area contributed by atoms with Crippen molar-refractivity contribution in [2.24, 2.45) is 0 Å². The maximum absolute atomic E-state index is 12.5. The van der Waals surface area contributed by atoms with E-state index in [2.05, 4.69) is 20.5 Å². The van der Waals surface area contributed by atoms with Crippen molar-refractivity contribution in [3.8, 4) is 5.82 Å². The number of benzene rings is 1. The number of nitrogens with one attached hydrogen (secondary N) is 1. The third-order valence-corrected chi connectivity index (χ3v) is 4.31. The minimum atomic E-state index is -0.356. The van der Waals surface area contributed by atoms with Crippen molar-refractivity contribution >= 4 is 22.4 Å². The van der Waals surface area contributed by atoms with Crippen molar-refractivity contribution in [3.63, 3.8) is 0 Å². The van der Waals surface area contributed by atoms with Crippen molar-refractivity contribution < 1.29 is 4.79 Å². The van der Waals surface area contributed by atoms with E-state index in [1.165, 1.54) is 0 Å². The van der Waals surface area contributed by atoms with Gasteiger partial charge in [-0.3, -0.25) is 9.59 Å². The number of aromatic nitrogens is 5. The van der Waals surface area contributed by atoms with Gasteiger partial charge in [-0.1, -0.05) is 18.2 Å². The van der Waals surface area contributed by atoms with Crippen LogP contribution in [0.2, 0.25) is 0 Å². The summed E-state index contributed by atoms with van der Waals surface area (Å²) in [5.74, 6) is 0.307. The SMILES string of the molecule is Cc1cc(C)n(-c2ccc(NC(=O)Cn3ncc4ccccc4c3=O)cn2)n1. The quantitative estimate of drug-likeness (QED) is 0.591. The van der Waals surface area contributed by atoms with Crippen molar-refractivity contribution in [1.82, 2.24) is 24.5 Å². The largest absolute Gasteiger partial charge is 0.323 e. The molecule has 0 aliphatic carbocycles. The molecular weight excluding hydrogens is 356 g/mol. The number of hydrogen-bond donors (Lipinski definition) is 1. The van der Waals surface area contributed by atoms with Gasteiger partial charge in [0.05, 0.1) is 29.2 Å². The molecule has 1 N–H and O–H groups in total. The van der Waals surface area contributed by atoms with Crippen LogP contribution in [0.3, 0.4) is 0 Å². The lowest BCUT2D eigenvalue weighted by molar-refractivity contribution is -0.117. The second kappa shape index (κ2) is 7.07. The number of aryl methyl sites for hydroxylation is 2. The van der Waals surface area contributed by atoms with Gasteiger partial charge in [0.25, 0.3) is 5.56 Å². The van der Waals surface area contributed by atoms with Crippen molar-refractivity contribution in [1.29, 1.82) is 0 Å². The topological polar surface area (TPSA) is 94.7 Å². The molecule has 3 heterocycles. The fourth-order valence-corrected chi connectivity index (χ4v) is 3.02. The van der Waals surface area contributed by atoms with Gasteiger partial charge >= 0.3 is 0 Å². The lowest BCUT2D eigenvalue weighted by Crippen LogP contribution is -2.29. The molecule has 0 saturated carbocycles. The Morgan fingerprint density at radius 2 is 1.93 bits per heavy atom. The highest BCUT2D eigenvalue weighted by Crippen LogP contribution is 2.13. The first kappa shape index (κ1) is 17.6. The van der Waals surface area contributed by atoms with Crippen LogP contribution in [-0.4, -0.2) is 30.5 Å². The van der Waals surface area contributed by atoms with Crippen LogP contribution in [0.1, 0.15) is 11.4 Å². The molecule has 4 rings (SSSR count). The average Bonchev–Trinajstić information content (AvgIpc) is 3.03. The summed E-state index contributed by atoms with van der Waals surface area (Å²) < 4.78 is 2.88. The van der Waals surface area contributed by atoms with Gasteiger partial charge in [-0.2, -0.15) is 10.2 Å². The second-order valence-electron chi connectivity index (χ2n) is 6.49. The summed E-state index contributed by atoms with van der Waals surface area (Å²) in [5, 5.41) is 12.5. The van der Waals surface area contributed by atoms with Crippen LogP contribution < -0.4 is 10.9 Å². The number of fused-ring (bicyclic) bond motifs is 1. The van der Waals surface area contributed by atoms with Gasteiger partial charge in [0, 0.05) is 11.1 Å². The Labute approximate surface area is 160 Å². The van der Waals surface area contributed by atoms with E-state index >= 15 is 0 Å². The zero-order valence-corrected chi connectivity index (χ0v) is 15.5. The molecule has 0 saturated heterocycles. The fraction of sp³-hybridized carbons (Fsp3) is 0.150. The molecule has 140 valence electrons. The van der Waals surface area contributed by atoms with E-state index in [9.17, 15) is 9.59 Å². The van der Waals surface area contributed by atoms with E-state index in [0.717, 1.165) is 21.5 Å². The molecule has 4 aromatic rings. The van der Waals surface area contributed by atoms with E-state index in [-0.39, 0.29) is 18.0 Å². The monoisotopic (exact) mass is 374 g/mol. The van der Waals surface area contributed by atoms with Crippen molar-refractivity contribution in [2.75, 3.05) is 5.32 Å². The third-order valence-electron chi connectivity index (χ3n) is 4.31. The average molecular weight is 374 g/mol.